The Bertz CT molecular complexity index is 277. The van der Waals surface area contributed by atoms with Gasteiger partial charge in [0.2, 0.25) is 0 Å². The number of hydrogen-bond donors (Lipinski definition) is 0. The maximum absolute atomic E-state index is 2.29. The lowest BCUT2D eigenvalue weighted by atomic mass is 9.74. The van der Waals surface area contributed by atoms with Crippen LogP contribution in [0.15, 0.2) is 18.2 Å². The molecular formula is C10H12. The van der Waals surface area contributed by atoms with Crippen LogP contribution in [-0.4, -0.2) is 0 Å². The highest BCUT2D eigenvalue weighted by atomic mass is 14.3. The molecule has 0 aromatic rings. The van der Waals surface area contributed by atoms with Gasteiger partial charge in [-0.3, -0.25) is 0 Å². The quantitative estimate of drug-likeness (QED) is 0.517. The fourth-order valence-electron chi connectivity index (χ4n) is 1.41. The molecule has 2 aliphatic rings. The van der Waals surface area contributed by atoms with Crippen molar-refractivity contribution >= 4 is 0 Å². The molecule has 0 spiro atoms. The molecule has 0 fully saturated rings. The molecule has 52 valence electrons. The van der Waals surface area contributed by atoms with Crippen LogP contribution in [0.2, 0.25) is 0 Å². The molecule has 2 aliphatic carbocycles. The molecule has 10 heavy (non-hydrogen) atoms. The Hall–Kier alpha value is -0.780. The second kappa shape index (κ2) is 1.45. The minimum absolute atomic E-state index is 0.351. The van der Waals surface area contributed by atoms with Gasteiger partial charge in [-0.25, -0.2) is 0 Å². The minimum atomic E-state index is 0.351. The van der Waals surface area contributed by atoms with Crippen molar-refractivity contribution in [3.05, 3.63) is 23.8 Å². The van der Waals surface area contributed by atoms with Gasteiger partial charge in [0, 0.05) is 0 Å². The molecule has 0 bridgehead atoms. The van der Waals surface area contributed by atoms with Crippen LogP contribution in [0, 0.1) is 0 Å². The Kier molecular flexibility index (Phi) is 0.862. The van der Waals surface area contributed by atoms with Gasteiger partial charge in [0.15, 0.2) is 0 Å². The van der Waals surface area contributed by atoms with Gasteiger partial charge in [0.25, 0.3) is 0 Å². The molecular weight excluding hydrogens is 120 g/mol. The predicted octanol–water partition coefficient (Wildman–Crippen LogP) is 2.96. The molecule has 0 nitrogen and oxygen atoms in total. The van der Waals surface area contributed by atoms with Crippen LogP contribution in [0.4, 0.5) is 0 Å². The van der Waals surface area contributed by atoms with E-state index in [1.807, 2.05) is 0 Å². The molecule has 0 atom stereocenters. The first kappa shape index (κ1) is 5.96. The third kappa shape index (κ3) is 0.566. The van der Waals surface area contributed by atoms with Crippen molar-refractivity contribution in [2.24, 2.45) is 0 Å². The van der Waals surface area contributed by atoms with Crippen molar-refractivity contribution in [3.63, 3.8) is 0 Å². The van der Waals surface area contributed by atoms with Gasteiger partial charge in [-0.2, -0.15) is 0 Å². The molecule has 2 rings (SSSR count). The van der Waals surface area contributed by atoms with Crippen LogP contribution in [0.3, 0.4) is 0 Å². The van der Waals surface area contributed by atoms with E-state index in [1.54, 1.807) is 0 Å². The lowest BCUT2D eigenvalue weighted by Crippen LogP contribution is -2.17. The molecule has 0 aromatic heterocycles. The van der Waals surface area contributed by atoms with E-state index < -0.39 is 0 Å². The molecule has 0 heteroatoms. The van der Waals surface area contributed by atoms with Crippen LogP contribution in [0.25, 0.3) is 11.1 Å². The van der Waals surface area contributed by atoms with Crippen molar-refractivity contribution in [3.8, 4) is 11.1 Å². The van der Waals surface area contributed by atoms with E-state index in [-0.39, 0.29) is 0 Å². The second-order valence-corrected chi connectivity index (χ2v) is 4.01. The first-order chi connectivity index (χ1) is 4.59. The fraction of sp³-hybridized carbons (Fsp3) is 0.400. The maximum Gasteiger partial charge on any atom is -0.0125 e. The summed E-state index contributed by atoms with van der Waals surface area (Å²) in [6, 6.07) is 6.66. The van der Waals surface area contributed by atoms with Crippen LogP contribution in [0.5, 0.6) is 0 Å². The standard InChI is InChI=1S/C10H12/c1-10(2,3)9-6-7-4-5-8(7)9/h4-6H,1-3H3. The fourth-order valence-corrected chi connectivity index (χ4v) is 1.41. The first-order valence-electron chi connectivity index (χ1n) is 3.74. The van der Waals surface area contributed by atoms with Crippen LogP contribution < -0.4 is 0 Å². The van der Waals surface area contributed by atoms with Gasteiger partial charge in [0.05, 0.1) is 0 Å². The molecule has 0 amide bonds. The Balaban J connectivity index is 2.43. The first-order valence-corrected chi connectivity index (χ1v) is 3.74. The molecule has 0 radical (unpaired) electrons. The molecule has 0 unspecified atom stereocenters. The van der Waals surface area contributed by atoms with E-state index >= 15 is 0 Å². The van der Waals surface area contributed by atoms with E-state index in [9.17, 15) is 0 Å². The van der Waals surface area contributed by atoms with Gasteiger partial charge in [-0.1, -0.05) is 32.9 Å². The maximum atomic E-state index is 2.29. The third-order valence-corrected chi connectivity index (χ3v) is 2.14. The third-order valence-electron chi connectivity index (χ3n) is 2.14. The topological polar surface area (TPSA) is 0 Å². The zero-order chi connectivity index (χ0) is 7.35. The van der Waals surface area contributed by atoms with Crippen LogP contribution >= 0.6 is 0 Å². The van der Waals surface area contributed by atoms with E-state index in [1.165, 1.54) is 16.7 Å². The van der Waals surface area contributed by atoms with Crippen molar-refractivity contribution in [1.82, 2.24) is 0 Å². The van der Waals surface area contributed by atoms with E-state index in [4.69, 9.17) is 0 Å². The largest absolute Gasteiger partial charge is 0.0561 e. The van der Waals surface area contributed by atoms with Crippen LogP contribution in [0.1, 0.15) is 26.3 Å². The average molecular weight is 132 g/mol. The molecule has 0 saturated heterocycles. The number of hydrogen-bond acceptors (Lipinski definition) is 0. The number of benzene rings is 1. The van der Waals surface area contributed by atoms with E-state index in [2.05, 4.69) is 39.0 Å². The van der Waals surface area contributed by atoms with Crippen LogP contribution in [-0.2, 0) is 5.41 Å². The Morgan fingerprint density at radius 3 is 1.90 bits per heavy atom. The SMILES string of the molecule is CC(C)(C)c1cc2ccc1-2. The smallest absolute Gasteiger partial charge is 0.0125 e. The monoisotopic (exact) mass is 132 g/mol. The summed E-state index contributed by atoms with van der Waals surface area (Å²) in [5, 5.41) is 0. The Morgan fingerprint density at radius 1 is 1.10 bits per heavy atom. The summed E-state index contributed by atoms with van der Waals surface area (Å²) in [7, 11) is 0. The van der Waals surface area contributed by atoms with Crippen molar-refractivity contribution in [2.75, 3.05) is 0 Å². The van der Waals surface area contributed by atoms with Crippen molar-refractivity contribution < 1.29 is 0 Å². The summed E-state index contributed by atoms with van der Waals surface area (Å²) in [5.41, 5.74) is 4.81. The van der Waals surface area contributed by atoms with Gasteiger partial charge in [-0.15, -0.1) is 0 Å². The molecule has 0 aromatic carbocycles. The lowest BCUT2D eigenvalue weighted by molar-refractivity contribution is 0.587. The van der Waals surface area contributed by atoms with Crippen molar-refractivity contribution in [1.29, 1.82) is 0 Å². The Morgan fingerprint density at radius 2 is 1.80 bits per heavy atom. The minimum Gasteiger partial charge on any atom is -0.0561 e. The zero-order valence-corrected chi connectivity index (χ0v) is 6.73. The Labute approximate surface area is 61.9 Å². The predicted molar refractivity (Wildman–Crippen MR) is 44.1 cm³/mol. The summed E-state index contributed by atoms with van der Waals surface area (Å²) < 4.78 is 0. The number of rotatable bonds is 0. The van der Waals surface area contributed by atoms with Gasteiger partial charge in [-0.05, 0) is 28.2 Å². The summed E-state index contributed by atoms with van der Waals surface area (Å²) in [6.07, 6.45) is 0. The summed E-state index contributed by atoms with van der Waals surface area (Å²) in [4.78, 5) is 0. The highest BCUT2D eigenvalue weighted by Gasteiger charge is 2.25. The summed E-state index contributed by atoms with van der Waals surface area (Å²) in [5.74, 6) is 0. The average Bonchev–Trinajstić information content (AvgIpc) is 1.74. The summed E-state index contributed by atoms with van der Waals surface area (Å²) >= 11 is 0. The molecule has 0 N–H and O–H groups in total. The highest BCUT2D eigenvalue weighted by molar-refractivity contribution is 5.82. The lowest BCUT2D eigenvalue weighted by Gasteiger charge is -2.30. The van der Waals surface area contributed by atoms with Crippen molar-refractivity contribution in [2.45, 2.75) is 26.2 Å². The van der Waals surface area contributed by atoms with E-state index in [0.29, 0.717) is 5.41 Å². The second-order valence-electron chi connectivity index (χ2n) is 4.01. The normalized spacial score (nSPS) is 13.5. The van der Waals surface area contributed by atoms with Gasteiger partial charge < -0.3 is 0 Å². The zero-order valence-electron chi connectivity index (χ0n) is 6.73. The van der Waals surface area contributed by atoms with Gasteiger partial charge in [0.1, 0.15) is 0 Å². The molecule has 0 heterocycles. The molecule has 0 saturated carbocycles. The van der Waals surface area contributed by atoms with E-state index in [0.717, 1.165) is 0 Å². The summed E-state index contributed by atoms with van der Waals surface area (Å²) in [6.45, 7) is 6.78. The highest BCUT2D eigenvalue weighted by Crippen LogP contribution is 2.42. The molecule has 0 aliphatic heterocycles. The van der Waals surface area contributed by atoms with Gasteiger partial charge >= 0.3 is 0 Å². The number of fused-ring (bicyclic) bond motifs is 1.